The highest BCUT2D eigenvalue weighted by Gasteiger charge is 2.32. The van der Waals surface area contributed by atoms with Crippen molar-refractivity contribution in [3.8, 4) is 0 Å². The molecule has 0 bridgehead atoms. The quantitative estimate of drug-likeness (QED) is 0.839. The Morgan fingerprint density at radius 2 is 2.12 bits per heavy atom. The summed E-state index contributed by atoms with van der Waals surface area (Å²) in [7, 11) is 0. The third-order valence-corrected chi connectivity index (χ3v) is 3.40. The van der Waals surface area contributed by atoms with Gasteiger partial charge in [-0.3, -0.25) is 9.69 Å². The monoisotopic (exact) mass is 218 g/mol. The van der Waals surface area contributed by atoms with Crippen molar-refractivity contribution in [2.45, 2.75) is 31.8 Å². The van der Waals surface area contributed by atoms with Gasteiger partial charge in [-0.25, -0.2) is 0 Å². The molecule has 2 rings (SSSR count). The Labute approximate surface area is 96.2 Å². The highest BCUT2D eigenvalue weighted by molar-refractivity contribution is 5.80. The van der Waals surface area contributed by atoms with Crippen molar-refractivity contribution >= 4 is 5.91 Å². The van der Waals surface area contributed by atoms with Gasteiger partial charge in [-0.05, 0) is 31.9 Å². The first-order chi connectivity index (χ1) is 7.70. The fraction of sp³-hybridized carbons (Fsp3) is 0.462. The van der Waals surface area contributed by atoms with Gasteiger partial charge in [-0.15, -0.1) is 0 Å². The second-order valence-corrected chi connectivity index (χ2v) is 4.38. The second kappa shape index (κ2) is 4.66. The number of nitrogens with two attached hydrogens (primary N) is 1. The van der Waals surface area contributed by atoms with Crippen molar-refractivity contribution in [1.29, 1.82) is 0 Å². The Morgan fingerprint density at radius 3 is 2.75 bits per heavy atom. The van der Waals surface area contributed by atoms with Crippen molar-refractivity contribution in [3.05, 3.63) is 35.9 Å². The number of primary amides is 1. The molecule has 1 amide bonds. The first kappa shape index (κ1) is 11.1. The van der Waals surface area contributed by atoms with Crippen LogP contribution in [-0.4, -0.2) is 23.4 Å². The molecule has 0 aromatic heterocycles. The highest BCUT2D eigenvalue weighted by Crippen LogP contribution is 2.28. The van der Waals surface area contributed by atoms with Gasteiger partial charge >= 0.3 is 0 Å². The summed E-state index contributed by atoms with van der Waals surface area (Å²) in [5.41, 5.74) is 6.67. The molecule has 1 heterocycles. The molecular formula is C13H18N2O. The summed E-state index contributed by atoms with van der Waals surface area (Å²) in [6.45, 7) is 3.10. The van der Waals surface area contributed by atoms with Gasteiger partial charge in [0.05, 0.1) is 6.04 Å². The van der Waals surface area contributed by atoms with Crippen LogP contribution in [0, 0.1) is 0 Å². The second-order valence-electron chi connectivity index (χ2n) is 4.38. The average Bonchev–Trinajstić information content (AvgIpc) is 2.78. The molecule has 86 valence electrons. The lowest BCUT2D eigenvalue weighted by Crippen LogP contribution is -2.41. The van der Waals surface area contributed by atoms with Crippen LogP contribution in [0.1, 0.15) is 31.4 Å². The van der Waals surface area contributed by atoms with Crippen molar-refractivity contribution in [2.24, 2.45) is 5.73 Å². The van der Waals surface area contributed by atoms with Gasteiger partial charge in [-0.1, -0.05) is 30.3 Å². The fourth-order valence-corrected chi connectivity index (χ4v) is 2.48. The number of rotatable bonds is 3. The van der Waals surface area contributed by atoms with Crippen LogP contribution in [0.2, 0.25) is 0 Å². The minimum atomic E-state index is -0.194. The average molecular weight is 218 g/mol. The van der Waals surface area contributed by atoms with Crippen LogP contribution in [0.3, 0.4) is 0 Å². The smallest absolute Gasteiger partial charge is 0.234 e. The SMILES string of the molecule is C[C@H](c1ccccc1)N1CCC[C@@H]1C(N)=O. The fourth-order valence-electron chi connectivity index (χ4n) is 2.48. The molecule has 2 atom stereocenters. The van der Waals surface area contributed by atoms with Crippen molar-refractivity contribution in [2.75, 3.05) is 6.54 Å². The van der Waals surface area contributed by atoms with Gasteiger partial charge in [-0.2, -0.15) is 0 Å². The first-order valence-corrected chi connectivity index (χ1v) is 5.80. The summed E-state index contributed by atoms with van der Waals surface area (Å²) >= 11 is 0. The van der Waals surface area contributed by atoms with Crippen molar-refractivity contribution in [3.63, 3.8) is 0 Å². The van der Waals surface area contributed by atoms with Crippen LogP contribution >= 0.6 is 0 Å². The number of hydrogen-bond acceptors (Lipinski definition) is 2. The van der Waals surface area contributed by atoms with E-state index in [1.54, 1.807) is 0 Å². The summed E-state index contributed by atoms with van der Waals surface area (Å²) in [4.78, 5) is 13.5. The molecular weight excluding hydrogens is 200 g/mol. The molecule has 0 spiro atoms. The van der Waals surface area contributed by atoms with Gasteiger partial charge in [0, 0.05) is 6.04 Å². The van der Waals surface area contributed by atoms with Gasteiger partial charge in [0.2, 0.25) is 5.91 Å². The third kappa shape index (κ3) is 2.09. The zero-order valence-electron chi connectivity index (χ0n) is 9.60. The van der Waals surface area contributed by atoms with Crippen LogP contribution in [0.15, 0.2) is 30.3 Å². The maximum Gasteiger partial charge on any atom is 0.234 e. The molecule has 0 aliphatic carbocycles. The van der Waals surface area contributed by atoms with Crippen molar-refractivity contribution < 1.29 is 4.79 Å². The third-order valence-electron chi connectivity index (χ3n) is 3.40. The minimum absolute atomic E-state index is 0.0878. The summed E-state index contributed by atoms with van der Waals surface area (Å²) < 4.78 is 0. The Hall–Kier alpha value is -1.35. The lowest BCUT2D eigenvalue weighted by atomic mass is 10.1. The van der Waals surface area contributed by atoms with E-state index in [-0.39, 0.29) is 18.0 Å². The number of nitrogens with zero attached hydrogens (tertiary/aromatic N) is 1. The molecule has 0 radical (unpaired) electrons. The summed E-state index contributed by atoms with van der Waals surface area (Å²) in [6, 6.07) is 10.4. The molecule has 0 unspecified atom stereocenters. The standard InChI is InChI=1S/C13H18N2O/c1-10(11-6-3-2-4-7-11)15-9-5-8-12(15)13(14)16/h2-4,6-7,10,12H,5,8-9H2,1H3,(H2,14,16)/t10-,12-/m1/s1. The molecule has 1 fully saturated rings. The van der Waals surface area contributed by atoms with E-state index in [1.165, 1.54) is 5.56 Å². The maximum atomic E-state index is 11.3. The van der Waals surface area contributed by atoms with Crippen LogP contribution < -0.4 is 5.73 Å². The molecule has 1 aromatic rings. The number of likely N-dealkylation sites (tertiary alicyclic amines) is 1. The summed E-state index contributed by atoms with van der Waals surface area (Å²) in [5, 5.41) is 0. The molecule has 1 aromatic carbocycles. The Morgan fingerprint density at radius 1 is 1.44 bits per heavy atom. The normalized spacial score (nSPS) is 23.2. The molecule has 3 heteroatoms. The number of benzene rings is 1. The molecule has 2 N–H and O–H groups in total. The van der Waals surface area contributed by atoms with E-state index in [2.05, 4.69) is 24.0 Å². The minimum Gasteiger partial charge on any atom is -0.368 e. The number of amides is 1. The van der Waals surface area contributed by atoms with E-state index in [9.17, 15) is 4.79 Å². The molecule has 3 nitrogen and oxygen atoms in total. The summed E-state index contributed by atoms with van der Waals surface area (Å²) in [5.74, 6) is -0.194. The maximum absolute atomic E-state index is 11.3. The van der Waals surface area contributed by atoms with Gasteiger partial charge in [0.15, 0.2) is 0 Å². The lowest BCUT2D eigenvalue weighted by molar-refractivity contribution is -0.122. The Bertz CT molecular complexity index is 363. The number of hydrogen-bond donors (Lipinski definition) is 1. The summed E-state index contributed by atoms with van der Waals surface area (Å²) in [6.07, 6.45) is 1.96. The van der Waals surface area contributed by atoms with E-state index in [1.807, 2.05) is 18.2 Å². The van der Waals surface area contributed by atoms with E-state index >= 15 is 0 Å². The van der Waals surface area contributed by atoms with Crippen LogP contribution in [-0.2, 0) is 4.79 Å². The van der Waals surface area contributed by atoms with Crippen LogP contribution in [0.25, 0.3) is 0 Å². The van der Waals surface area contributed by atoms with E-state index in [0.29, 0.717) is 0 Å². The number of carbonyl (C=O) groups is 1. The Kier molecular flexibility index (Phi) is 3.25. The lowest BCUT2D eigenvalue weighted by Gasteiger charge is -2.29. The van der Waals surface area contributed by atoms with Crippen molar-refractivity contribution in [1.82, 2.24) is 4.90 Å². The van der Waals surface area contributed by atoms with Gasteiger partial charge in [0.25, 0.3) is 0 Å². The first-order valence-electron chi connectivity index (χ1n) is 5.80. The zero-order chi connectivity index (χ0) is 11.5. The van der Waals surface area contributed by atoms with Crippen LogP contribution in [0.4, 0.5) is 0 Å². The molecule has 16 heavy (non-hydrogen) atoms. The van der Waals surface area contributed by atoms with E-state index in [0.717, 1.165) is 19.4 Å². The highest BCUT2D eigenvalue weighted by atomic mass is 16.1. The molecule has 1 saturated heterocycles. The molecule has 0 saturated carbocycles. The van der Waals surface area contributed by atoms with Crippen LogP contribution in [0.5, 0.6) is 0 Å². The predicted molar refractivity (Wildman–Crippen MR) is 63.8 cm³/mol. The van der Waals surface area contributed by atoms with E-state index < -0.39 is 0 Å². The Balaban J connectivity index is 2.15. The number of carbonyl (C=O) groups excluding carboxylic acids is 1. The molecule has 1 aliphatic rings. The van der Waals surface area contributed by atoms with E-state index in [4.69, 9.17) is 5.73 Å². The van der Waals surface area contributed by atoms with Gasteiger partial charge < -0.3 is 5.73 Å². The van der Waals surface area contributed by atoms with Gasteiger partial charge in [0.1, 0.15) is 0 Å². The topological polar surface area (TPSA) is 46.3 Å². The molecule has 1 aliphatic heterocycles. The zero-order valence-corrected chi connectivity index (χ0v) is 9.60. The predicted octanol–water partition coefficient (Wildman–Crippen LogP) is 1.70. The largest absolute Gasteiger partial charge is 0.368 e.